The zero-order valence-corrected chi connectivity index (χ0v) is 26.8. The first-order valence-electron chi connectivity index (χ1n) is 15.2. The number of amides is 1. The predicted molar refractivity (Wildman–Crippen MR) is 168 cm³/mol. The van der Waals surface area contributed by atoms with Crippen molar-refractivity contribution in [1.82, 2.24) is 19.9 Å². The Labute approximate surface area is 278 Å². The van der Waals surface area contributed by atoms with E-state index >= 15 is 0 Å². The molecule has 15 heteroatoms. The number of hydrogen-bond acceptors (Lipinski definition) is 10. The van der Waals surface area contributed by atoms with Gasteiger partial charge in [-0.3, -0.25) is 4.90 Å². The van der Waals surface area contributed by atoms with E-state index in [9.17, 15) is 27.2 Å². The van der Waals surface area contributed by atoms with Gasteiger partial charge in [-0.15, -0.1) is 13.2 Å². The van der Waals surface area contributed by atoms with Crippen LogP contribution in [0.25, 0.3) is 22.3 Å². The van der Waals surface area contributed by atoms with Crippen LogP contribution >= 0.6 is 0 Å². The number of cyclic esters (lactones) is 1. The first-order valence-corrected chi connectivity index (χ1v) is 15.2. The SMILES string of the molecule is COC(=O)c1ccc(-c2cnc(OC)c(-c3cnc(N4CC(F)C4)nc3CN3C(=O)O[C@H](c4cccc(OC(F)(F)F)c4)[C@@H]3C)c2)c(C)c1. The topological polar surface area (TPSA) is 116 Å². The van der Waals surface area contributed by atoms with Crippen LogP contribution in [0.4, 0.5) is 28.3 Å². The van der Waals surface area contributed by atoms with Crippen LogP contribution in [0.5, 0.6) is 11.6 Å². The van der Waals surface area contributed by atoms with Gasteiger partial charge in [-0.05, 0) is 60.9 Å². The molecule has 4 aromatic rings. The van der Waals surface area contributed by atoms with Crippen molar-refractivity contribution in [3.63, 3.8) is 0 Å². The quantitative estimate of drug-likeness (QED) is 0.144. The maximum absolute atomic E-state index is 13.8. The predicted octanol–water partition coefficient (Wildman–Crippen LogP) is 6.45. The van der Waals surface area contributed by atoms with Gasteiger partial charge in [0.2, 0.25) is 11.8 Å². The van der Waals surface area contributed by atoms with Crippen molar-refractivity contribution in [3.8, 4) is 33.9 Å². The van der Waals surface area contributed by atoms with Crippen molar-refractivity contribution < 1.29 is 46.1 Å². The standard InChI is InChI=1S/C34H31F4N5O6/c1-18-10-21(31(44)47-4)8-9-25(18)22-12-26(30(46-3)39-13-22)27-14-40-32(42-15-23(35)16-42)41-28(27)17-43-19(2)29(48-33(43)45)20-6-5-7-24(11-20)49-34(36,37)38/h5-14,19,23,29H,15-17H2,1-4H3/t19-,29-/m0/s1. The van der Waals surface area contributed by atoms with E-state index < -0.39 is 42.5 Å². The van der Waals surface area contributed by atoms with E-state index in [1.807, 2.05) is 13.0 Å². The third kappa shape index (κ3) is 6.91. The largest absolute Gasteiger partial charge is 0.573 e. The first kappa shape index (κ1) is 33.4. The molecule has 6 rings (SSSR count). The molecule has 2 atom stereocenters. The van der Waals surface area contributed by atoms with Crippen LogP contribution in [0.2, 0.25) is 0 Å². The number of esters is 1. The zero-order chi connectivity index (χ0) is 35.0. The summed E-state index contributed by atoms with van der Waals surface area (Å²) in [6, 6.07) is 11.6. The number of methoxy groups -OCH3 is 2. The van der Waals surface area contributed by atoms with Crippen LogP contribution in [0.1, 0.15) is 40.2 Å². The van der Waals surface area contributed by atoms with Crippen molar-refractivity contribution in [3.05, 3.63) is 83.3 Å². The number of ether oxygens (including phenoxy) is 4. The first-order chi connectivity index (χ1) is 23.3. The Morgan fingerprint density at radius 3 is 2.47 bits per heavy atom. The lowest BCUT2D eigenvalue weighted by Gasteiger charge is -2.34. The number of aromatic nitrogens is 3. The number of hydrogen-bond donors (Lipinski definition) is 0. The van der Waals surface area contributed by atoms with E-state index in [1.54, 1.807) is 48.5 Å². The van der Waals surface area contributed by atoms with Gasteiger partial charge in [0, 0.05) is 29.1 Å². The molecule has 2 aromatic carbocycles. The van der Waals surface area contributed by atoms with Crippen molar-refractivity contribution in [2.75, 3.05) is 32.2 Å². The van der Waals surface area contributed by atoms with Crippen molar-refractivity contribution in [1.29, 1.82) is 0 Å². The third-order valence-corrected chi connectivity index (χ3v) is 8.40. The highest BCUT2D eigenvalue weighted by Gasteiger charge is 2.41. The summed E-state index contributed by atoms with van der Waals surface area (Å²) in [6.45, 7) is 3.69. The normalized spacial score (nSPS) is 17.8. The van der Waals surface area contributed by atoms with Crippen LogP contribution in [0.3, 0.4) is 0 Å². The summed E-state index contributed by atoms with van der Waals surface area (Å²) in [4.78, 5) is 42.2. The molecule has 0 radical (unpaired) electrons. The minimum atomic E-state index is -4.89. The Kier molecular flexibility index (Phi) is 9.01. The molecule has 0 N–H and O–H groups in total. The van der Waals surface area contributed by atoms with Gasteiger partial charge in [0.05, 0.1) is 51.2 Å². The Morgan fingerprint density at radius 1 is 1.02 bits per heavy atom. The molecule has 2 aromatic heterocycles. The maximum atomic E-state index is 13.8. The lowest BCUT2D eigenvalue weighted by atomic mass is 9.96. The summed E-state index contributed by atoms with van der Waals surface area (Å²) in [6.07, 6.45) is -4.35. The van der Waals surface area contributed by atoms with Crippen molar-refractivity contribution >= 4 is 18.0 Å². The molecule has 256 valence electrons. The highest BCUT2D eigenvalue weighted by Crippen LogP contribution is 2.39. The smallest absolute Gasteiger partial charge is 0.481 e. The van der Waals surface area contributed by atoms with Crippen molar-refractivity contribution in [2.24, 2.45) is 0 Å². The number of halogens is 4. The van der Waals surface area contributed by atoms with Gasteiger partial charge in [0.15, 0.2) is 0 Å². The third-order valence-electron chi connectivity index (χ3n) is 8.40. The number of rotatable bonds is 9. The van der Waals surface area contributed by atoms with Gasteiger partial charge >= 0.3 is 18.4 Å². The Morgan fingerprint density at radius 2 is 1.80 bits per heavy atom. The maximum Gasteiger partial charge on any atom is 0.573 e. The van der Waals surface area contributed by atoms with Gasteiger partial charge in [-0.1, -0.05) is 18.2 Å². The van der Waals surface area contributed by atoms with E-state index in [0.29, 0.717) is 33.5 Å². The fourth-order valence-corrected chi connectivity index (χ4v) is 5.89. The van der Waals surface area contributed by atoms with Crippen LogP contribution in [0.15, 0.2) is 60.9 Å². The second kappa shape index (κ2) is 13.2. The van der Waals surface area contributed by atoms with E-state index in [0.717, 1.165) is 17.2 Å². The van der Waals surface area contributed by atoms with E-state index in [4.69, 9.17) is 19.2 Å². The number of pyridine rings is 1. The summed E-state index contributed by atoms with van der Waals surface area (Å²) in [5.74, 6) is -0.400. The molecule has 2 aliphatic heterocycles. The molecule has 2 saturated heterocycles. The number of benzene rings is 2. The second-order valence-corrected chi connectivity index (χ2v) is 11.6. The molecule has 11 nitrogen and oxygen atoms in total. The number of carbonyl (C=O) groups is 2. The second-order valence-electron chi connectivity index (χ2n) is 11.6. The number of anilines is 1. The molecule has 2 fully saturated rings. The highest BCUT2D eigenvalue weighted by atomic mass is 19.4. The van der Waals surface area contributed by atoms with E-state index in [-0.39, 0.29) is 31.5 Å². The molecule has 0 aliphatic carbocycles. The van der Waals surface area contributed by atoms with Crippen molar-refractivity contribution in [2.45, 2.75) is 45.1 Å². The van der Waals surface area contributed by atoms with Gasteiger partial charge in [-0.25, -0.2) is 28.9 Å². The van der Waals surface area contributed by atoms with Crippen LogP contribution in [0, 0.1) is 6.92 Å². The summed E-state index contributed by atoms with van der Waals surface area (Å²) in [5.41, 5.74) is 4.32. The number of alkyl halides is 4. The van der Waals surface area contributed by atoms with E-state index in [2.05, 4.69) is 14.7 Å². The molecule has 0 saturated carbocycles. The number of nitrogens with zero attached hydrogens (tertiary/aromatic N) is 5. The Bertz CT molecular complexity index is 1900. The Hall–Kier alpha value is -5.47. The lowest BCUT2D eigenvalue weighted by Crippen LogP contribution is -2.49. The lowest BCUT2D eigenvalue weighted by molar-refractivity contribution is -0.274. The van der Waals surface area contributed by atoms with Crippen LogP contribution < -0.4 is 14.4 Å². The summed E-state index contributed by atoms with van der Waals surface area (Å²) < 4.78 is 72.6. The number of aryl methyl sites for hydroxylation is 1. The molecular formula is C34H31F4N5O6. The summed E-state index contributed by atoms with van der Waals surface area (Å²) >= 11 is 0. The monoisotopic (exact) mass is 681 g/mol. The molecule has 49 heavy (non-hydrogen) atoms. The fourth-order valence-electron chi connectivity index (χ4n) is 5.89. The zero-order valence-electron chi connectivity index (χ0n) is 26.8. The fraction of sp³-hybridized carbons (Fsp3) is 0.324. The molecule has 0 bridgehead atoms. The average Bonchev–Trinajstić information content (AvgIpc) is 3.34. The summed E-state index contributed by atoms with van der Waals surface area (Å²) in [7, 11) is 2.77. The molecule has 4 heterocycles. The van der Waals surface area contributed by atoms with E-state index in [1.165, 1.54) is 31.3 Å². The molecule has 0 spiro atoms. The molecule has 1 amide bonds. The van der Waals surface area contributed by atoms with Gasteiger partial charge in [0.25, 0.3) is 0 Å². The molecule has 0 unspecified atom stereocenters. The Balaban J connectivity index is 1.37. The molecular weight excluding hydrogens is 650 g/mol. The average molecular weight is 682 g/mol. The minimum absolute atomic E-state index is 0.0901. The van der Waals surface area contributed by atoms with Crippen LogP contribution in [-0.2, 0) is 16.0 Å². The minimum Gasteiger partial charge on any atom is -0.481 e. The molecule has 2 aliphatic rings. The highest BCUT2D eigenvalue weighted by molar-refractivity contribution is 5.90. The van der Waals surface area contributed by atoms with Crippen LogP contribution in [-0.4, -0.2) is 77.8 Å². The van der Waals surface area contributed by atoms with Gasteiger partial charge in [0.1, 0.15) is 18.0 Å². The summed E-state index contributed by atoms with van der Waals surface area (Å²) in [5, 5.41) is 0. The van der Waals surface area contributed by atoms with Gasteiger partial charge < -0.3 is 23.8 Å². The van der Waals surface area contributed by atoms with Gasteiger partial charge in [-0.2, -0.15) is 0 Å². The number of carbonyl (C=O) groups excluding carboxylic acids is 2.